The van der Waals surface area contributed by atoms with E-state index in [-0.39, 0.29) is 11.3 Å². The summed E-state index contributed by atoms with van der Waals surface area (Å²) in [7, 11) is 0. The van der Waals surface area contributed by atoms with Crippen molar-refractivity contribution >= 4 is 6.29 Å². The average Bonchev–Trinajstić information content (AvgIpc) is 3.10. The summed E-state index contributed by atoms with van der Waals surface area (Å²) >= 11 is 0. The molecule has 0 amide bonds. The van der Waals surface area contributed by atoms with Crippen LogP contribution in [0.1, 0.15) is 10.6 Å². The molecule has 2 heterocycles. The first-order chi connectivity index (χ1) is 9.28. The van der Waals surface area contributed by atoms with E-state index in [0.717, 1.165) is 0 Å². The number of carbonyl (C=O) groups is 1. The summed E-state index contributed by atoms with van der Waals surface area (Å²) in [5.41, 5.74) is 0.977. The van der Waals surface area contributed by atoms with Gasteiger partial charge in [0.15, 0.2) is 12.0 Å². The molecule has 19 heavy (non-hydrogen) atoms. The molecule has 0 saturated carbocycles. The number of rotatable bonds is 3. The summed E-state index contributed by atoms with van der Waals surface area (Å²) < 4.78 is 20.7. The van der Waals surface area contributed by atoms with Crippen LogP contribution < -0.4 is 0 Å². The molecule has 0 aliphatic rings. The van der Waals surface area contributed by atoms with E-state index < -0.39 is 5.82 Å². The summed E-state index contributed by atoms with van der Waals surface area (Å²) in [4.78, 5) is 10.6. The molecular weight excluding hydrogens is 249 g/mol. The molecule has 1 aromatic carbocycles. The van der Waals surface area contributed by atoms with Gasteiger partial charge in [-0.2, -0.15) is 0 Å². The van der Waals surface area contributed by atoms with Gasteiger partial charge >= 0.3 is 0 Å². The smallest absolute Gasteiger partial charge is 0.185 e. The molecule has 0 bridgehead atoms. The number of hydrogen-bond donors (Lipinski definition) is 0. The maximum atomic E-state index is 13.8. The van der Waals surface area contributed by atoms with Crippen molar-refractivity contribution in [3.8, 4) is 17.0 Å². The van der Waals surface area contributed by atoms with Gasteiger partial charge in [0.2, 0.25) is 0 Å². The lowest BCUT2D eigenvalue weighted by Gasteiger charge is -2.04. The maximum absolute atomic E-state index is 13.8. The SMILES string of the molecule is O=Cc1ccc(-c2cc(-n3cnnc3)ccc2F)o1. The summed E-state index contributed by atoms with van der Waals surface area (Å²) in [6.45, 7) is 0. The largest absolute Gasteiger partial charge is 0.453 e. The fourth-order valence-corrected chi connectivity index (χ4v) is 1.76. The van der Waals surface area contributed by atoms with Crippen LogP contribution in [0, 0.1) is 5.82 Å². The van der Waals surface area contributed by atoms with Gasteiger partial charge in [-0.15, -0.1) is 10.2 Å². The summed E-state index contributed by atoms with van der Waals surface area (Å²) in [5.74, 6) is 0.0299. The lowest BCUT2D eigenvalue weighted by atomic mass is 10.1. The minimum Gasteiger partial charge on any atom is -0.453 e. The van der Waals surface area contributed by atoms with Crippen LogP contribution in [0.15, 0.2) is 47.4 Å². The molecule has 0 atom stereocenters. The third-order valence-electron chi connectivity index (χ3n) is 2.68. The highest BCUT2D eigenvalue weighted by atomic mass is 19.1. The normalized spacial score (nSPS) is 10.6. The molecule has 0 radical (unpaired) electrons. The number of aromatic nitrogens is 3. The Hall–Kier alpha value is -2.76. The van der Waals surface area contributed by atoms with Gasteiger partial charge in [-0.25, -0.2) is 4.39 Å². The van der Waals surface area contributed by atoms with Crippen LogP contribution in [0.2, 0.25) is 0 Å². The van der Waals surface area contributed by atoms with Gasteiger partial charge in [-0.3, -0.25) is 9.36 Å². The first kappa shape index (κ1) is 11.3. The lowest BCUT2D eigenvalue weighted by molar-refractivity contribution is 0.110. The number of furan rings is 1. The second kappa shape index (κ2) is 4.49. The van der Waals surface area contributed by atoms with E-state index in [2.05, 4.69) is 10.2 Å². The first-order valence-electron chi connectivity index (χ1n) is 5.48. The molecule has 6 heteroatoms. The highest BCUT2D eigenvalue weighted by Gasteiger charge is 2.11. The summed E-state index contributed by atoms with van der Waals surface area (Å²) in [6, 6.07) is 7.58. The Kier molecular flexibility index (Phi) is 2.68. The van der Waals surface area contributed by atoms with E-state index in [1.54, 1.807) is 22.8 Å². The Morgan fingerprint density at radius 3 is 2.63 bits per heavy atom. The molecule has 3 aromatic rings. The van der Waals surface area contributed by atoms with Crippen molar-refractivity contribution in [2.24, 2.45) is 0 Å². The van der Waals surface area contributed by atoms with Crippen LogP contribution in [0.3, 0.4) is 0 Å². The Morgan fingerprint density at radius 1 is 1.16 bits per heavy atom. The Morgan fingerprint density at radius 2 is 1.95 bits per heavy atom. The van der Waals surface area contributed by atoms with Crippen molar-refractivity contribution < 1.29 is 13.6 Å². The van der Waals surface area contributed by atoms with Crippen LogP contribution in [-0.4, -0.2) is 21.1 Å². The molecule has 0 fully saturated rings. The number of nitrogens with zero attached hydrogens (tertiary/aromatic N) is 3. The fourth-order valence-electron chi connectivity index (χ4n) is 1.76. The zero-order chi connectivity index (χ0) is 13.2. The number of aldehydes is 1. The van der Waals surface area contributed by atoms with Crippen LogP contribution in [-0.2, 0) is 0 Å². The monoisotopic (exact) mass is 257 g/mol. The van der Waals surface area contributed by atoms with Gasteiger partial charge in [0.25, 0.3) is 0 Å². The van der Waals surface area contributed by atoms with Gasteiger partial charge in [-0.05, 0) is 30.3 Å². The molecule has 0 spiro atoms. The van der Waals surface area contributed by atoms with Gasteiger partial charge in [0, 0.05) is 5.69 Å². The minimum absolute atomic E-state index is 0.157. The van der Waals surface area contributed by atoms with E-state index in [0.29, 0.717) is 17.7 Å². The summed E-state index contributed by atoms with van der Waals surface area (Å²) in [6.07, 6.45) is 3.59. The van der Waals surface area contributed by atoms with E-state index in [1.165, 1.54) is 24.8 Å². The van der Waals surface area contributed by atoms with Gasteiger partial charge in [0.1, 0.15) is 24.2 Å². The van der Waals surface area contributed by atoms with Crippen molar-refractivity contribution in [2.45, 2.75) is 0 Å². The molecule has 0 N–H and O–H groups in total. The van der Waals surface area contributed by atoms with Crippen LogP contribution in [0.25, 0.3) is 17.0 Å². The predicted molar refractivity (Wildman–Crippen MR) is 64.4 cm³/mol. The van der Waals surface area contributed by atoms with Crippen molar-refractivity contribution in [3.63, 3.8) is 0 Å². The molecule has 0 aliphatic heterocycles. The fraction of sp³-hybridized carbons (Fsp3) is 0. The van der Waals surface area contributed by atoms with E-state index in [4.69, 9.17) is 4.42 Å². The Bertz CT molecular complexity index is 719. The molecule has 94 valence electrons. The quantitative estimate of drug-likeness (QED) is 0.676. The van der Waals surface area contributed by atoms with E-state index in [1.807, 2.05) is 0 Å². The zero-order valence-electron chi connectivity index (χ0n) is 9.65. The number of hydrogen-bond acceptors (Lipinski definition) is 4. The van der Waals surface area contributed by atoms with Gasteiger partial charge in [0.05, 0.1) is 5.56 Å². The number of carbonyl (C=O) groups excluding carboxylic acids is 1. The highest BCUT2D eigenvalue weighted by Crippen LogP contribution is 2.26. The highest BCUT2D eigenvalue weighted by molar-refractivity contribution is 5.73. The average molecular weight is 257 g/mol. The van der Waals surface area contributed by atoms with Crippen LogP contribution >= 0.6 is 0 Å². The third-order valence-corrected chi connectivity index (χ3v) is 2.68. The minimum atomic E-state index is -0.427. The van der Waals surface area contributed by atoms with Gasteiger partial charge < -0.3 is 4.42 Å². The lowest BCUT2D eigenvalue weighted by Crippen LogP contribution is -1.92. The van der Waals surface area contributed by atoms with Crippen molar-refractivity contribution in [3.05, 3.63) is 54.6 Å². The molecule has 0 saturated heterocycles. The standard InChI is InChI=1S/C13H8FN3O2/c14-12-3-1-9(17-7-15-16-8-17)5-11(12)13-4-2-10(6-18)19-13/h1-8H. The van der Waals surface area contributed by atoms with E-state index >= 15 is 0 Å². The molecular formula is C13H8FN3O2. The van der Waals surface area contributed by atoms with Crippen LogP contribution in [0.4, 0.5) is 4.39 Å². The van der Waals surface area contributed by atoms with Crippen molar-refractivity contribution in [2.75, 3.05) is 0 Å². The second-order valence-corrected chi connectivity index (χ2v) is 3.85. The topological polar surface area (TPSA) is 60.9 Å². The van der Waals surface area contributed by atoms with E-state index in [9.17, 15) is 9.18 Å². The second-order valence-electron chi connectivity index (χ2n) is 3.85. The number of benzene rings is 1. The van der Waals surface area contributed by atoms with Crippen LogP contribution in [0.5, 0.6) is 0 Å². The predicted octanol–water partition coefficient (Wildman–Crippen LogP) is 2.48. The summed E-state index contributed by atoms with van der Waals surface area (Å²) in [5, 5.41) is 7.38. The number of halogens is 1. The first-order valence-corrected chi connectivity index (χ1v) is 5.48. The Balaban J connectivity index is 2.10. The molecule has 3 rings (SSSR count). The third kappa shape index (κ3) is 2.03. The molecule has 2 aromatic heterocycles. The molecule has 0 aliphatic carbocycles. The molecule has 5 nitrogen and oxygen atoms in total. The van der Waals surface area contributed by atoms with Gasteiger partial charge in [-0.1, -0.05) is 0 Å². The maximum Gasteiger partial charge on any atom is 0.185 e. The van der Waals surface area contributed by atoms with Crippen molar-refractivity contribution in [1.29, 1.82) is 0 Å². The molecule has 0 unspecified atom stereocenters. The Labute approximate surface area is 107 Å². The zero-order valence-corrected chi connectivity index (χ0v) is 9.65. The van der Waals surface area contributed by atoms with Crippen molar-refractivity contribution in [1.82, 2.24) is 14.8 Å².